The smallest absolute Gasteiger partial charge is 0.228 e. The van der Waals surface area contributed by atoms with E-state index in [4.69, 9.17) is 0 Å². The number of carbonyl (C=O) groups excluding carboxylic acids is 1. The lowest BCUT2D eigenvalue weighted by Crippen LogP contribution is -2.14. The van der Waals surface area contributed by atoms with Gasteiger partial charge in [0.2, 0.25) is 5.91 Å². The monoisotopic (exact) mass is 267 g/mol. The van der Waals surface area contributed by atoms with Crippen LogP contribution in [-0.4, -0.2) is 16.9 Å². The number of carbonyl (C=O) groups is 1. The van der Waals surface area contributed by atoms with Crippen LogP contribution < -0.4 is 10.6 Å². The van der Waals surface area contributed by atoms with Gasteiger partial charge in [0.1, 0.15) is 5.82 Å². The lowest BCUT2D eigenvalue weighted by atomic mass is 10.1. The highest BCUT2D eigenvalue weighted by Gasteiger charge is 2.20. The first-order chi connectivity index (χ1) is 9.79. The van der Waals surface area contributed by atoms with E-state index >= 15 is 0 Å². The van der Waals surface area contributed by atoms with E-state index in [9.17, 15) is 4.79 Å². The highest BCUT2D eigenvalue weighted by atomic mass is 16.1. The summed E-state index contributed by atoms with van der Waals surface area (Å²) in [6.45, 7) is 0. The fourth-order valence-electron chi connectivity index (χ4n) is 1.98. The molecule has 1 fully saturated rings. The zero-order valence-electron chi connectivity index (χ0n) is 11.2. The van der Waals surface area contributed by atoms with Crippen molar-refractivity contribution in [3.63, 3.8) is 0 Å². The van der Waals surface area contributed by atoms with Crippen molar-refractivity contribution >= 4 is 17.4 Å². The molecule has 3 rings (SSSR count). The van der Waals surface area contributed by atoms with E-state index in [0.29, 0.717) is 12.5 Å². The number of hydrogen-bond acceptors (Lipinski definition) is 3. The maximum atomic E-state index is 11.9. The molecular weight excluding hydrogens is 250 g/mol. The van der Waals surface area contributed by atoms with Gasteiger partial charge < -0.3 is 10.6 Å². The van der Waals surface area contributed by atoms with Gasteiger partial charge in [-0.05, 0) is 30.5 Å². The average Bonchev–Trinajstić information content (AvgIpc) is 3.26. The van der Waals surface area contributed by atoms with Gasteiger partial charge in [-0.2, -0.15) is 0 Å². The van der Waals surface area contributed by atoms with Gasteiger partial charge in [-0.15, -0.1) is 0 Å². The second kappa shape index (κ2) is 5.74. The lowest BCUT2D eigenvalue weighted by molar-refractivity contribution is -0.115. The molecule has 0 spiro atoms. The minimum atomic E-state index is -0.0269. The molecule has 4 nitrogen and oxygen atoms in total. The molecule has 1 aliphatic rings. The first-order valence-corrected chi connectivity index (χ1v) is 6.86. The van der Waals surface area contributed by atoms with E-state index in [0.717, 1.165) is 17.1 Å². The van der Waals surface area contributed by atoms with Crippen LogP contribution in [0.3, 0.4) is 0 Å². The minimum absolute atomic E-state index is 0.0269. The molecule has 4 heteroatoms. The van der Waals surface area contributed by atoms with E-state index in [1.807, 2.05) is 42.5 Å². The maximum Gasteiger partial charge on any atom is 0.228 e. The summed E-state index contributed by atoms with van der Waals surface area (Å²) >= 11 is 0. The fourth-order valence-corrected chi connectivity index (χ4v) is 1.98. The molecule has 2 N–H and O–H groups in total. The highest BCUT2D eigenvalue weighted by Crippen LogP contribution is 2.23. The fraction of sp³-hybridized carbons (Fsp3) is 0.250. The molecule has 2 aromatic rings. The topological polar surface area (TPSA) is 54.0 Å². The molecule has 0 bridgehead atoms. The quantitative estimate of drug-likeness (QED) is 0.876. The normalized spacial score (nSPS) is 13.8. The summed E-state index contributed by atoms with van der Waals surface area (Å²) in [6.07, 6.45) is 4.50. The standard InChI is InChI=1S/C16H17N3O/c20-16(10-12-4-2-1-3-5-12)19-14-8-9-15(17-11-14)18-13-6-7-13/h1-5,8-9,11,13H,6-7,10H2,(H,17,18)(H,19,20). The third kappa shape index (κ3) is 3.57. The predicted octanol–water partition coefficient (Wildman–Crippen LogP) is 2.84. The Balaban J connectivity index is 1.55. The largest absolute Gasteiger partial charge is 0.367 e. The van der Waals surface area contributed by atoms with Gasteiger partial charge in [0, 0.05) is 6.04 Å². The molecule has 0 aliphatic heterocycles. The van der Waals surface area contributed by atoms with Crippen molar-refractivity contribution in [2.45, 2.75) is 25.3 Å². The molecule has 20 heavy (non-hydrogen) atoms. The number of rotatable bonds is 5. The minimum Gasteiger partial charge on any atom is -0.367 e. The van der Waals surface area contributed by atoms with Crippen LogP contribution in [0, 0.1) is 0 Å². The first-order valence-electron chi connectivity index (χ1n) is 6.86. The highest BCUT2D eigenvalue weighted by molar-refractivity contribution is 5.92. The van der Waals surface area contributed by atoms with E-state index in [1.54, 1.807) is 6.20 Å². The zero-order valence-corrected chi connectivity index (χ0v) is 11.2. The van der Waals surface area contributed by atoms with Crippen molar-refractivity contribution < 1.29 is 4.79 Å². The van der Waals surface area contributed by atoms with Gasteiger partial charge >= 0.3 is 0 Å². The summed E-state index contributed by atoms with van der Waals surface area (Å²) in [5, 5.41) is 6.17. The average molecular weight is 267 g/mol. The summed E-state index contributed by atoms with van der Waals surface area (Å²) in [5.74, 6) is 0.842. The third-order valence-corrected chi connectivity index (χ3v) is 3.18. The van der Waals surface area contributed by atoms with Crippen LogP contribution in [0.4, 0.5) is 11.5 Å². The van der Waals surface area contributed by atoms with Crippen LogP contribution in [0.25, 0.3) is 0 Å². The molecule has 1 heterocycles. The summed E-state index contributed by atoms with van der Waals surface area (Å²) in [4.78, 5) is 16.2. The molecule has 1 saturated carbocycles. The molecule has 1 aliphatic carbocycles. The van der Waals surface area contributed by atoms with Crippen LogP contribution in [0.1, 0.15) is 18.4 Å². The van der Waals surface area contributed by atoms with Crippen molar-refractivity contribution in [2.75, 3.05) is 10.6 Å². The second-order valence-electron chi connectivity index (χ2n) is 5.06. The maximum absolute atomic E-state index is 11.9. The van der Waals surface area contributed by atoms with E-state index in [-0.39, 0.29) is 5.91 Å². The van der Waals surface area contributed by atoms with Gasteiger partial charge in [0.05, 0.1) is 18.3 Å². The third-order valence-electron chi connectivity index (χ3n) is 3.18. The Morgan fingerprint density at radius 1 is 1.15 bits per heavy atom. The molecule has 0 radical (unpaired) electrons. The van der Waals surface area contributed by atoms with Gasteiger partial charge in [0.25, 0.3) is 0 Å². The van der Waals surface area contributed by atoms with Crippen molar-refractivity contribution in [3.05, 3.63) is 54.2 Å². The molecule has 0 saturated heterocycles. The van der Waals surface area contributed by atoms with Crippen LogP contribution in [0.15, 0.2) is 48.7 Å². The zero-order chi connectivity index (χ0) is 13.8. The van der Waals surface area contributed by atoms with Gasteiger partial charge in [0.15, 0.2) is 0 Å². The summed E-state index contributed by atoms with van der Waals surface area (Å²) in [6, 6.07) is 14.1. The molecule has 102 valence electrons. The summed E-state index contributed by atoms with van der Waals surface area (Å²) < 4.78 is 0. The van der Waals surface area contributed by atoms with Crippen LogP contribution >= 0.6 is 0 Å². The Labute approximate surface area is 118 Å². The van der Waals surface area contributed by atoms with Crippen molar-refractivity contribution in [1.29, 1.82) is 0 Å². The van der Waals surface area contributed by atoms with Gasteiger partial charge in [-0.3, -0.25) is 4.79 Å². The van der Waals surface area contributed by atoms with Gasteiger partial charge in [-0.1, -0.05) is 30.3 Å². The molecule has 1 aromatic heterocycles. The number of aromatic nitrogens is 1. The number of amides is 1. The number of benzene rings is 1. The van der Waals surface area contributed by atoms with E-state index in [2.05, 4.69) is 15.6 Å². The number of anilines is 2. The SMILES string of the molecule is O=C(Cc1ccccc1)Nc1ccc(NC2CC2)nc1. The molecule has 0 unspecified atom stereocenters. The predicted molar refractivity (Wildman–Crippen MR) is 79.7 cm³/mol. The van der Waals surface area contributed by atoms with Crippen molar-refractivity contribution in [1.82, 2.24) is 4.98 Å². The number of pyridine rings is 1. The van der Waals surface area contributed by atoms with Crippen LogP contribution in [0.5, 0.6) is 0 Å². The molecule has 0 atom stereocenters. The number of nitrogens with one attached hydrogen (secondary N) is 2. The first kappa shape index (κ1) is 12.7. The Morgan fingerprint density at radius 3 is 2.60 bits per heavy atom. The van der Waals surface area contributed by atoms with Crippen molar-refractivity contribution in [2.24, 2.45) is 0 Å². The molecule has 1 amide bonds. The van der Waals surface area contributed by atoms with Crippen LogP contribution in [0.2, 0.25) is 0 Å². The Bertz CT molecular complexity index is 576. The molecule has 1 aromatic carbocycles. The summed E-state index contributed by atoms with van der Waals surface area (Å²) in [7, 11) is 0. The van der Waals surface area contributed by atoms with E-state index < -0.39 is 0 Å². The Hall–Kier alpha value is -2.36. The summed E-state index contributed by atoms with van der Waals surface area (Å²) in [5.41, 5.74) is 1.73. The number of nitrogens with zero attached hydrogens (tertiary/aromatic N) is 1. The van der Waals surface area contributed by atoms with Crippen LogP contribution in [-0.2, 0) is 11.2 Å². The molecular formula is C16H17N3O. The van der Waals surface area contributed by atoms with E-state index in [1.165, 1.54) is 12.8 Å². The second-order valence-corrected chi connectivity index (χ2v) is 5.06. The van der Waals surface area contributed by atoms with Gasteiger partial charge in [-0.25, -0.2) is 4.98 Å². The Kier molecular flexibility index (Phi) is 3.63. The lowest BCUT2D eigenvalue weighted by Gasteiger charge is -2.07. The van der Waals surface area contributed by atoms with Crippen molar-refractivity contribution in [3.8, 4) is 0 Å². The Morgan fingerprint density at radius 2 is 1.95 bits per heavy atom. The number of hydrogen-bond donors (Lipinski definition) is 2.